The molecule has 2 aromatic heterocycles. The van der Waals surface area contributed by atoms with E-state index in [2.05, 4.69) is 80.1 Å². The molecule has 0 bridgehead atoms. The van der Waals surface area contributed by atoms with Crippen molar-refractivity contribution >= 4 is 11.7 Å². The molecule has 0 spiro atoms. The second kappa shape index (κ2) is 8.49. The molecule has 5 rings (SSSR count). The molecule has 1 saturated carbocycles. The van der Waals surface area contributed by atoms with E-state index in [0.29, 0.717) is 5.91 Å². The van der Waals surface area contributed by atoms with Gasteiger partial charge >= 0.3 is 0 Å². The third kappa shape index (κ3) is 3.72. The van der Waals surface area contributed by atoms with E-state index in [9.17, 15) is 4.79 Å². The quantitative estimate of drug-likeness (QED) is 0.667. The van der Waals surface area contributed by atoms with E-state index in [1.807, 2.05) is 6.92 Å². The number of hydrogen-bond acceptors (Lipinski definition) is 3. The summed E-state index contributed by atoms with van der Waals surface area (Å²) in [6.45, 7) is 7.32. The molecule has 1 amide bonds. The standard InChI is InChI=1S/C26H33N5O/c1-20-8-10-22(11-9-20)26(12-4-3-5-13-26)25(32)30-17-15-29(16-18-30)24-7-6-14-31(24)23-19-21(2)27-28-23/h6-11,14,19H,3-5,12-13,15-18H2,1-2H3,(H,27,28). The van der Waals surface area contributed by atoms with Crippen LogP contribution in [0.15, 0.2) is 48.7 Å². The normalized spacial score (nSPS) is 18.7. The van der Waals surface area contributed by atoms with Crippen LogP contribution in [0.2, 0.25) is 0 Å². The van der Waals surface area contributed by atoms with Crippen LogP contribution in [-0.2, 0) is 10.2 Å². The first-order valence-electron chi connectivity index (χ1n) is 11.9. The molecule has 1 aromatic carbocycles. The van der Waals surface area contributed by atoms with Crippen molar-refractivity contribution in [2.75, 3.05) is 31.1 Å². The van der Waals surface area contributed by atoms with Crippen LogP contribution in [0.1, 0.15) is 48.9 Å². The Morgan fingerprint density at radius 1 is 0.969 bits per heavy atom. The van der Waals surface area contributed by atoms with Crippen molar-refractivity contribution in [3.05, 3.63) is 65.5 Å². The number of aryl methyl sites for hydroxylation is 2. The molecule has 6 heteroatoms. The number of aromatic amines is 1. The summed E-state index contributed by atoms with van der Waals surface area (Å²) < 4.78 is 2.12. The number of amides is 1. The van der Waals surface area contributed by atoms with Crippen LogP contribution in [0.25, 0.3) is 5.82 Å². The maximum Gasteiger partial charge on any atom is 0.233 e. The number of piperazine rings is 1. The SMILES string of the molecule is Cc1ccc(C2(C(=O)N3CCN(c4cccn4-c4cc(C)[nH]n4)CC3)CCCCC2)cc1. The van der Waals surface area contributed by atoms with Crippen molar-refractivity contribution in [1.29, 1.82) is 0 Å². The molecular formula is C26H33N5O. The number of hydrogen-bond donors (Lipinski definition) is 1. The fourth-order valence-corrected chi connectivity index (χ4v) is 5.45. The minimum absolute atomic E-state index is 0.332. The fraction of sp³-hybridized carbons (Fsp3) is 0.462. The predicted molar refractivity (Wildman–Crippen MR) is 127 cm³/mol. The summed E-state index contributed by atoms with van der Waals surface area (Å²) >= 11 is 0. The summed E-state index contributed by atoms with van der Waals surface area (Å²) in [6.07, 6.45) is 7.49. The Morgan fingerprint density at radius 2 is 1.69 bits per heavy atom. The van der Waals surface area contributed by atoms with Crippen LogP contribution in [-0.4, -0.2) is 51.8 Å². The van der Waals surface area contributed by atoms with E-state index in [1.54, 1.807) is 0 Å². The number of aromatic nitrogens is 3. The van der Waals surface area contributed by atoms with E-state index in [1.165, 1.54) is 17.5 Å². The highest BCUT2D eigenvalue weighted by Crippen LogP contribution is 2.41. The van der Waals surface area contributed by atoms with Gasteiger partial charge in [0.1, 0.15) is 5.82 Å². The molecule has 32 heavy (non-hydrogen) atoms. The van der Waals surface area contributed by atoms with Gasteiger partial charge in [-0.15, -0.1) is 0 Å². The summed E-state index contributed by atoms with van der Waals surface area (Å²) in [4.78, 5) is 18.4. The Kier molecular flexibility index (Phi) is 5.53. The largest absolute Gasteiger partial charge is 0.354 e. The number of H-pyrrole nitrogens is 1. The summed E-state index contributed by atoms with van der Waals surface area (Å²) in [5, 5.41) is 7.44. The molecule has 0 atom stereocenters. The van der Waals surface area contributed by atoms with Crippen molar-refractivity contribution in [1.82, 2.24) is 19.7 Å². The van der Waals surface area contributed by atoms with Gasteiger partial charge in [0.05, 0.1) is 5.41 Å². The predicted octanol–water partition coefficient (Wildman–Crippen LogP) is 4.37. The third-order valence-corrected chi connectivity index (χ3v) is 7.28. The minimum atomic E-state index is -0.346. The zero-order valence-electron chi connectivity index (χ0n) is 19.2. The van der Waals surface area contributed by atoms with Crippen molar-refractivity contribution in [2.45, 2.75) is 51.4 Å². The van der Waals surface area contributed by atoms with Gasteiger partial charge in [0.2, 0.25) is 5.91 Å². The van der Waals surface area contributed by atoms with E-state index in [-0.39, 0.29) is 5.41 Å². The van der Waals surface area contributed by atoms with E-state index in [0.717, 1.165) is 69.2 Å². The molecular weight excluding hydrogens is 398 g/mol. The lowest BCUT2D eigenvalue weighted by Gasteiger charge is -2.43. The second-order valence-electron chi connectivity index (χ2n) is 9.43. The number of benzene rings is 1. The first-order valence-corrected chi connectivity index (χ1v) is 11.9. The maximum atomic E-state index is 13.9. The molecule has 1 aliphatic carbocycles. The number of rotatable bonds is 4. The monoisotopic (exact) mass is 431 g/mol. The van der Waals surface area contributed by atoms with Crippen molar-refractivity contribution in [3.63, 3.8) is 0 Å². The lowest BCUT2D eigenvalue weighted by molar-refractivity contribution is -0.139. The van der Waals surface area contributed by atoms with Crippen LogP contribution < -0.4 is 4.90 Å². The minimum Gasteiger partial charge on any atom is -0.354 e. The summed E-state index contributed by atoms with van der Waals surface area (Å²) in [7, 11) is 0. The van der Waals surface area contributed by atoms with Crippen LogP contribution in [0.4, 0.5) is 5.82 Å². The summed E-state index contributed by atoms with van der Waals surface area (Å²) in [6, 6.07) is 14.9. The van der Waals surface area contributed by atoms with Gasteiger partial charge in [0.25, 0.3) is 0 Å². The molecule has 3 aromatic rings. The molecule has 0 radical (unpaired) electrons. The highest BCUT2D eigenvalue weighted by Gasteiger charge is 2.44. The molecule has 6 nitrogen and oxygen atoms in total. The first-order chi connectivity index (χ1) is 15.6. The fourth-order valence-electron chi connectivity index (χ4n) is 5.45. The first kappa shape index (κ1) is 20.9. The van der Waals surface area contributed by atoms with Gasteiger partial charge in [-0.3, -0.25) is 14.5 Å². The number of anilines is 1. The Balaban J connectivity index is 1.33. The number of nitrogens with zero attached hydrogens (tertiary/aromatic N) is 4. The highest BCUT2D eigenvalue weighted by molar-refractivity contribution is 5.88. The Labute approximate surface area is 190 Å². The Bertz CT molecular complexity index is 1070. The van der Waals surface area contributed by atoms with Gasteiger partial charge in [-0.2, -0.15) is 5.10 Å². The van der Waals surface area contributed by atoms with E-state index < -0.39 is 0 Å². The number of carbonyl (C=O) groups excluding carboxylic acids is 1. The average molecular weight is 432 g/mol. The van der Waals surface area contributed by atoms with Gasteiger partial charge < -0.3 is 9.80 Å². The summed E-state index contributed by atoms with van der Waals surface area (Å²) in [5.74, 6) is 2.37. The van der Waals surface area contributed by atoms with E-state index >= 15 is 0 Å². The van der Waals surface area contributed by atoms with Gasteiger partial charge in [0.15, 0.2) is 5.82 Å². The molecule has 0 unspecified atom stereocenters. The molecule has 3 heterocycles. The molecule has 2 fully saturated rings. The number of nitrogens with one attached hydrogen (secondary N) is 1. The lowest BCUT2D eigenvalue weighted by atomic mass is 9.68. The third-order valence-electron chi connectivity index (χ3n) is 7.28. The molecule has 1 saturated heterocycles. The molecule has 168 valence electrons. The maximum absolute atomic E-state index is 13.9. The smallest absolute Gasteiger partial charge is 0.233 e. The van der Waals surface area contributed by atoms with Crippen LogP contribution in [0, 0.1) is 13.8 Å². The number of carbonyl (C=O) groups is 1. The van der Waals surface area contributed by atoms with Crippen LogP contribution >= 0.6 is 0 Å². The lowest BCUT2D eigenvalue weighted by Crippen LogP contribution is -2.55. The van der Waals surface area contributed by atoms with Crippen molar-refractivity contribution in [3.8, 4) is 5.82 Å². The molecule has 1 aliphatic heterocycles. The molecule has 2 aliphatic rings. The van der Waals surface area contributed by atoms with Gasteiger partial charge in [-0.25, -0.2) is 0 Å². The van der Waals surface area contributed by atoms with Crippen LogP contribution in [0.3, 0.4) is 0 Å². The van der Waals surface area contributed by atoms with Crippen LogP contribution in [0.5, 0.6) is 0 Å². The zero-order chi connectivity index (χ0) is 22.1. The van der Waals surface area contributed by atoms with Gasteiger partial charge in [-0.1, -0.05) is 49.1 Å². The Morgan fingerprint density at radius 3 is 2.34 bits per heavy atom. The van der Waals surface area contributed by atoms with E-state index in [4.69, 9.17) is 0 Å². The highest BCUT2D eigenvalue weighted by atomic mass is 16.2. The van der Waals surface area contributed by atoms with Crippen molar-refractivity contribution < 1.29 is 4.79 Å². The Hall–Kier alpha value is -3.02. The summed E-state index contributed by atoms with van der Waals surface area (Å²) in [5.41, 5.74) is 3.15. The van der Waals surface area contributed by atoms with Crippen molar-refractivity contribution in [2.24, 2.45) is 0 Å². The van der Waals surface area contributed by atoms with Gasteiger partial charge in [0, 0.05) is 44.1 Å². The molecule has 1 N–H and O–H groups in total. The topological polar surface area (TPSA) is 57.2 Å². The second-order valence-corrected chi connectivity index (χ2v) is 9.43. The average Bonchev–Trinajstić information content (AvgIpc) is 3.48. The zero-order valence-corrected chi connectivity index (χ0v) is 19.2. The van der Waals surface area contributed by atoms with Gasteiger partial charge in [-0.05, 0) is 44.4 Å².